The van der Waals surface area contributed by atoms with Crippen molar-refractivity contribution in [2.24, 2.45) is 0 Å². The van der Waals surface area contributed by atoms with E-state index in [2.05, 4.69) is 31.9 Å². The van der Waals surface area contributed by atoms with E-state index in [1.54, 1.807) is 0 Å². The van der Waals surface area contributed by atoms with Crippen LogP contribution >= 0.6 is 0 Å². The van der Waals surface area contributed by atoms with Crippen LogP contribution in [0.1, 0.15) is 191 Å². The van der Waals surface area contributed by atoms with Gasteiger partial charge < -0.3 is 113 Å². The van der Waals surface area contributed by atoms with Gasteiger partial charge in [-0.2, -0.15) is 0 Å². The summed E-state index contributed by atoms with van der Waals surface area (Å²) in [6, 6.07) is 5.53. The SMILES string of the molecule is CC(=O)NC1C(OCCCCC(=O)NCCN(CCNCCCCCCCOC2OC(COC(C)=O)C(OC(C)=O)[C@@H]2OC(C)=O)C(=O)CC[C@H](NC(=O)CCCCOC2OC(COC(C)=O)C(OC(C)=O)C(OC(C)=O)C2NC(C)=O)C(=O)NCCCCCC(=O)OCc2ccccc2)OC(COC(C)=O)C(OC(C)=O)C1OC(C)=O. The number of unbranched alkanes of at least 4 members (excludes halogenated alkanes) is 8. The molecule has 0 saturated carbocycles. The van der Waals surface area contributed by atoms with Crippen molar-refractivity contribution in [3.63, 3.8) is 0 Å². The molecule has 3 aliphatic heterocycles. The highest BCUT2D eigenvalue weighted by Gasteiger charge is 2.54. The maximum Gasteiger partial charge on any atom is 0.306 e. The van der Waals surface area contributed by atoms with Gasteiger partial charge in [0.25, 0.3) is 0 Å². The molecule has 117 heavy (non-hydrogen) atoms. The molecule has 39 nitrogen and oxygen atoms in total. The fourth-order valence-electron chi connectivity index (χ4n) is 12.7. The maximum absolute atomic E-state index is 14.5. The summed E-state index contributed by atoms with van der Waals surface area (Å²) in [5.41, 5.74) is 0.838. The number of hydrogen-bond donors (Lipinski definition) is 6. The van der Waals surface area contributed by atoms with E-state index in [0.717, 1.165) is 72.8 Å². The first-order chi connectivity index (χ1) is 55.7. The molecular formula is C78H119N7O32. The third-order valence-electron chi connectivity index (χ3n) is 17.9. The second kappa shape index (κ2) is 55.2. The van der Waals surface area contributed by atoms with Crippen LogP contribution in [-0.2, 0) is 159 Å². The standard InChI is InChI=1S/C78H119N7O32/c1-47(86)82-67-72(112-55(9)94)69(109-52(6)91)60(44-105-49(3)88)115-76(67)102-41-25-20-29-63(97)80-37-39-85(38-36-79-34-22-13-12-14-24-40-104-78-74(114-57(11)96)71(111-54(8)93)62(117-78)46-107-51(5)90)65(99)33-32-59(75(101)81-35-23-16-19-31-66(100)108-43-58-27-17-15-18-28-58)84-64(98)30-21-26-42-103-77-68(83-48(2)87)73(113-56(10)95)70(110-53(7)92)61(116-77)45-106-50(4)89/h15,17-18,27-28,59-62,67-74,76-79H,12-14,16,19-26,29-46H2,1-11H3,(H,80,97)(H,81,101)(H,82,86)(H,83,87)(H,84,98)/t59-,60?,61?,62?,67?,68?,69?,70?,71?,72?,73?,74-,76?,77?,78?/m0/s1. The van der Waals surface area contributed by atoms with Gasteiger partial charge in [0.05, 0.1) is 0 Å². The number of rotatable bonds is 54. The molecule has 13 unspecified atom stereocenters. The predicted molar refractivity (Wildman–Crippen MR) is 404 cm³/mol. The number of ether oxygens (including phenoxy) is 16. The van der Waals surface area contributed by atoms with E-state index in [-0.39, 0.29) is 129 Å². The normalized spacial score (nSPS) is 22.2. The minimum absolute atomic E-state index is 0.00487. The second-order valence-electron chi connectivity index (χ2n) is 28.1. The summed E-state index contributed by atoms with van der Waals surface area (Å²) < 4.78 is 89.8. The van der Waals surface area contributed by atoms with Gasteiger partial charge in [-0.05, 0) is 69.9 Å². The highest BCUT2D eigenvalue weighted by molar-refractivity contribution is 5.88. The molecule has 0 spiro atoms. The first kappa shape index (κ1) is 99.8. The summed E-state index contributed by atoms with van der Waals surface area (Å²) in [6.07, 6.45) is -9.22. The van der Waals surface area contributed by atoms with Crippen LogP contribution in [0.25, 0.3) is 0 Å². The topological polar surface area (TPSA) is 496 Å². The van der Waals surface area contributed by atoms with Crippen LogP contribution in [-0.4, -0.2) is 271 Å². The molecule has 1 aromatic rings. The zero-order chi connectivity index (χ0) is 86.4. The Bertz CT molecular complexity index is 3370. The molecule has 3 saturated heterocycles. The van der Waals surface area contributed by atoms with E-state index < -0.39 is 188 Å². The van der Waals surface area contributed by atoms with Crippen molar-refractivity contribution in [2.75, 3.05) is 78.9 Å². The molecule has 3 aliphatic rings. The number of amides is 6. The second-order valence-corrected chi connectivity index (χ2v) is 28.1. The number of benzene rings is 1. The van der Waals surface area contributed by atoms with E-state index in [0.29, 0.717) is 38.8 Å². The molecule has 6 amide bonds. The molecule has 658 valence electrons. The van der Waals surface area contributed by atoms with Gasteiger partial charge in [-0.3, -0.25) is 76.7 Å². The van der Waals surface area contributed by atoms with Gasteiger partial charge in [0.1, 0.15) is 62.9 Å². The lowest BCUT2D eigenvalue weighted by Crippen LogP contribution is -2.66. The van der Waals surface area contributed by atoms with Gasteiger partial charge in [-0.25, -0.2) is 0 Å². The molecule has 3 heterocycles. The summed E-state index contributed by atoms with van der Waals surface area (Å²) in [5, 5.41) is 17.1. The van der Waals surface area contributed by atoms with Gasteiger partial charge in [0.15, 0.2) is 55.5 Å². The van der Waals surface area contributed by atoms with Crippen LogP contribution in [0.4, 0.5) is 0 Å². The molecule has 0 bridgehead atoms. The van der Waals surface area contributed by atoms with Crippen LogP contribution in [0.3, 0.4) is 0 Å². The Labute approximate surface area is 680 Å². The number of carbonyl (C=O) groups is 16. The van der Waals surface area contributed by atoms with Crippen molar-refractivity contribution in [1.29, 1.82) is 0 Å². The lowest BCUT2D eigenvalue weighted by molar-refractivity contribution is -0.277. The minimum atomic E-state index is -1.37. The van der Waals surface area contributed by atoms with E-state index in [1.165, 1.54) is 39.5 Å². The van der Waals surface area contributed by atoms with Crippen molar-refractivity contribution in [3.05, 3.63) is 35.9 Å². The molecule has 0 aromatic heterocycles. The Kier molecular flexibility index (Phi) is 47.1. The fourth-order valence-corrected chi connectivity index (χ4v) is 12.7. The van der Waals surface area contributed by atoms with Crippen LogP contribution in [0.15, 0.2) is 30.3 Å². The molecule has 6 N–H and O–H groups in total. The van der Waals surface area contributed by atoms with Crippen LogP contribution in [0.2, 0.25) is 0 Å². The monoisotopic (exact) mass is 1670 g/mol. The van der Waals surface area contributed by atoms with Crippen molar-refractivity contribution in [2.45, 2.75) is 284 Å². The van der Waals surface area contributed by atoms with Crippen molar-refractivity contribution in [1.82, 2.24) is 36.8 Å². The number of carbonyl (C=O) groups excluding carboxylic acids is 16. The number of nitrogens with zero attached hydrogens (tertiary/aromatic N) is 1. The number of esters is 10. The maximum atomic E-state index is 14.5. The van der Waals surface area contributed by atoms with Gasteiger partial charge in [-0.1, -0.05) is 56.0 Å². The van der Waals surface area contributed by atoms with Gasteiger partial charge in [0.2, 0.25) is 35.4 Å². The highest BCUT2D eigenvalue weighted by Crippen LogP contribution is 2.32. The summed E-state index contributed by atoms with van der Waals surface area (Å²) in [6.45, 7) is 12.9. The lowest BCUT2D eigenvalue weighted by Gasteiger charge is -2.44. The van der Waals surface area contributed by atoms with Crippen molar-refractivity contribution < 1.29 is 153 Å². The van der Waals surface area contributed by atoms with Crippen molar-refractivity contribution in [3.8, 4) is 0 Å². The minimum Gasteiger partial charge on any atom is -0.463 e. The lowest BCUT2D eigenvalue weighted by atomic mass is 9.96. The van der Waals surface area contributed by atoms with Crippen molar-refractivity contribution >= 4 is 95.1 Å². The molecular weight excluding hydrogens is 1550 g/mol. The van der Waals surface area contributed by atoms with E-state index in [4.69, 9.17) is 75.8 Å². The molecule has 3 fully saturated rings. The van der Waals surface area contributed by atoms with E-state index in [9.17, 15) is 76.7 Å². The zero-order valence-electron chi connectivity index (χ0n) is 68.8. The zero-order valence-corrected chi connectivity index (χ0v) is 68.8. The quantitative estimate of drug-likeness (QED) is 0.0309. The van der Waals surface area contributed by atoms with Gasteiger partial charge in [-0.15, -0.1) is 0 Å². The third kappa shape index (κ3) is 40.9. The van der Waals surface area contributed by atoms with Gasteiger partial charge in [0, 0.05) is 154 Å². The van der Waals surface area contributed by atoms with Crippen LogP contribution < -0.4 is 31.9 Å². The average molecular weight is 1670 g/mol. The average Bonchev–Trinajstić information content (AvgIpc) is 0.923. The summed E-state index contributed by atoms with van der Waals surface area (Å²) in [7, 11) is 0. The predicted octanol–water partition coefficient (Wildman–Crippen LogP) is 2.01. The first-order valence-electron chi connectivity index (χ1n) is 39.5. The Morgan fingerprint density at radius 3 is 1.27 bits per heavy atom. The molecule has 0 radical (unpaired) electrons. The third-order valence-corrected chi connectivity index (χ3v) is 17.9. The Morgan fingerprint density at radius 2 is 0.786 bits per heavy atom. The van der Waals surface area contributed by atoms with Crippen LogP contribution in [0.5, 0.6) is 0 Å². The smallest absolute Gasteiger partial charge is 0.306 e. The summed E-state index contributed by atoms with van der Waals surface area (Å²) in [5.74, 6) is -9.96. The van der Waals surface area contributed by atoms with E-state index >= 15 is 0 Å². The number of nitrogens with one attached hydrogen (secondary N) is 6. The van der Waals surface area contributed by atoms with E-state index in [1.807, 2.05) is 30.3 Å². The Hall–Kier alpha value is -9.54. The summed E-state index contributed by atoms with van der Waals surface area (Å²) >= 11 is 0. The summed E-state index contributed by atoms with van der Waals surface area (Å²) in [4.78, 5) is 203. The fraction of sp³-hybridized carbons (Fsp3) is 0.718. The largest absolute Gasteiger partial charge is 0.463 e. The highest BCUT2D eigenvalue weighted by atomic mass is 16.7. The Balaban J connectivity index is 1.45. The molecule has 15 atom stereocenters. The molecule has 1 aromatic carbocycles. The number of hydrogen-bond acceptors (Lipinski definition) is 33. The van der Waals surface area contributed by atoms with Gasteiger partial charge >= 0.3 is 59.7 Å². The molecule has 0 aliphatic carbocycles. The first-order valence-corrected chi connectivity index (χ1v) is 39.5. The van der Waals surface area contributed by atoms with Crippen LogP contribution in [0, 0.1) is 0 Å². The molecule has 4 rings (SSSR count). The Morgan fingerprint density at radius 1 is 0.385 bits per heavy atom. The molecule has 39 heteroatoms.